The number of nitriles is 1. The minimum Gasteiger partial charge on any atom is -0.324 e. The fraction of sp³-hybridized carbons (Fsp3) is 0.333. The summed E-state index contributed by atoms with van der Waals surface area (Å²) in [6.45, 7) is 4.60. The molecule has 0 aliphatic carbocycles. The maximum absolute atomic E-state index is 13.2. The van der Waals surface area contributed by atoms with E-state index in [2.05, 4.69) is 5.32 Å². The summed E-state index contributed by atoms with van der Waals surface area (Å²) in [7, 11) is -3.76. The van der Waals surface area contributed by atoms with Crippen LogP contribution in [0.4, 0.5) is 5.69 Å². The Morgan fingerprint density at radius 2 is 1.83 bits per heavy atom. The van der Waals surface area contributed by atoms with Crippen molar-refractivity contribution in [2.45, 2.75) is 30.8 Å². The van der Waals surface area contributed by atoms with Crippen LogP contribution in [-0.4, -0.2) is 55.2 Å². The molecule has 7 nitrogen and oxygen atoms in total. The van der Waals surface area contributed by atoms with E-state index in [1.54, 1.807) is 36.4 Å². The molecule has 30 heavy (non-hydrogen) atoms. The zero-order chi connectivity index (χ0) is 21.9. The summed E-state index contributed by atoms with van der Waals surface area (Å²) >= 11 is 6.08. The van der Waals surface area contributed by atoms with Crippen molar-refractivity contribution in [3.63, 3.8) is 0 Å². The number of anilines is 1. The summed E-state index contributed by atoms with van der Waals surface area (Å²) in [4.78, 5) is 14.5. The molecule has 0 spiro atoms. The van der Waals surface area contributed by atoms with Crippen molar-refractivity contribution in [2.75, 3.05) is 25.0 Å². The molecule has 0 bridgehead atoms. The SMILES string of the molecule is CC1CN(CC(=O)Nc2ccccc2Cl)CC(C)N1S(=O)(=O)c1cccc(C#N)c1. The predicted octanol–water partition coefficient (Wildman–Crippen LogP) is 2.93. The van der Waals surface area contributed by atoms with E-state index in [4.69, 9.17) is 16.9 Å². The highest BCUT2D eigenvalue weighted by molar-refractivity contribution is 7.89. The van der Waals surface area contributed by atoms with Crippen molar-refractivity contribution >= 4 is 33.2 Å². The van der Waals surface area contributed by atoms with Gasteiger partial charge in [0.15, 0.2) is 0 Å². The maximum Gasteiger partial charge on any atom is 0.243 e. The van der Waals surface area contributed by atoms with Crippen LogP contribution >= 0.6 is 11.6 Å². The first-order valence-corrected chi connectivity index (χ1v) is 11.3. The number of sulfonamides is 1. The van der Waals surface area contributed by atoms with Gasteiger partial charge in [0.2, 0.25) is 15.9 Å². The summed E-state index contributed by atoms with van der Waals surface area (Å²) in [6.07, 6.45) is 0. The molecule has 1 heterocycles. The van der Waals surface area contributed by atoms with Gasteiger partial charge in [0.05, 0.1) is 33.8 Å². The van der Waals surface area contributed by atoms with Crippen LogP contribution in [0.1, 0.15) is 19.4 Å². The van der Waals surface area contributed by atoms with Crippen LogP contribution in [0.5, 0.6) is 0 Å². The lowest BCUT2D eigenvalue weighted by atomic mass is 10.1. The van der Waals surface area contributed by atoms with E-state index < -0.39 is 10.0 Å². The molecule has 0 aromatic heterocycles. The third kappa shape index (κ3) is 4.82. The Morgan fingerprint density at radius 1 is 1.17 bits per heavy atom. The van der Waals surface area contributed by atoms with Crippen LogP contribution < -0.4 is 5.32 Å². The molecule has 2 aromatic rings. The number of halogens is 1. The summed E-state index contributed by atoms with van der Waals surface area (Å²) in [6, 6.07) is 14.3. The second-order valence-corrected chi connectivity index (χ2v) is 9.65. The van der Waals surface area contributed by atoms with Gasteiger partial charge in [-0.2, -0.15) is 9.57 Å². The number of carbonyl (C=O) groups excluding carboxylic acids is 1. The van der Waals surface area contributed by atoms with Crippen LogP contribution in [0, 0.1) is 11.3 Å². The van der Waals surface area contributed by atoms with Crippen LogP contribution in [-0.2, 0) is 14.8 Å². The molecule has 1 fully saturated rings. The van der Waals surface area contributed by atoms with Crippen LogP contribution in [0.3, 0.4) is 0 Å². The Hall–Kier alpha value is -2.44. The van der Waals surface area contributed by atoms with Gasteiger partial charge in [-0.05, 0) is 44.2 Å². The monoisotopic (exact) mass is 446 g/mol. The van der Waals surface area contributed by atoms with Crippen molar-refractivity contribution in [1.29, 1.82) is 5.26 Å². The molecule has 9 heteroatoms. The number of amides is 1. The topological polar surface area (TPSA) is 93.5 Å². The first-order chi connectivity index (χ1) is 14.2. The van der Waals surface area contributed by atoms with Crippen molar-refractivity contribution < 1.29 is 13.2 Å². The quantitative estimate of drug-likeness (QED) is 0.762. The Balaban J connectivity index is 1.70. The van der Waals surface area contributed by atoms with Crippen molar-refractivity contribution in [3.05, 3.63) is 59.1 Å². The molecule has 2 atom stereocenters. The second-order valence-electron chi connectivity index (χ2n) is 7.39. The van der Waals surface area contributed by atoms with Gasteiger partial charge < -0.3 is 5.32 Å². The minimum absolute atomic E-state index is 0.102. The summed E-state index contributed by atoms with van der Waals surface area (Å²) < 4.78 is 27.8. The number of rotatable bonds is 5. The lowest BCUT2D eigenvalue weighted by molar-refractivity contribution is -0.118. The van der Waals surface area contributed by atoms with Crippen molar-refractivity contribution in [2.24, 2.45) is 0 Å². The van der Waals surface area contributed by atoms with Crippen molar-refractivity contribution in [3.8, 4) is 6.07 Å². The molecule has 1 aliphatic rings. The molecule has 0 radical (unpaired) electrons. The van der Waals surface area contributed by atoms with Gasteiger partial charge >= 0.3 is 0 Å². The van der Waals surface area contributed by atoms with E-state index in [0.29, 0.717) is 29.4 Å². The number of nitrogens with zero attached hydrogens (tertiary/aromatic N) is 3. The highest BCUT2D eigenvalue weighted by Gasteiger charge is 2.38. The fourth-order valence-electron chi connectivity index (χ4n) is 3.82. The molecule has 1 saturated heterocycles. The number of para-hydroxylation sites is 1. The van der Waals surface area contributed by atoms with E-state index >= 15 is 0 Å². The maximum atomic E-state index is 13.2. The van der Waals surface area contributed by atoms with Gasteiger partial charge in [0.25, 0.3) is 0 Å². The third-order valence-electron chi connectivity index (χ3n) is 4.97. The number of hydrogen-bond donors (Lipinski definition) is 1. The highest BCUT2D eigenvalue weighted by atomic mass is 35.5. The van der Waals surface area contributed by atoms with Gasteiger partial charge in [0, 0.05) is 25.2 Å². The van der Waals surface area contributed by atoms with Crippen molar-refractivity contribution in [1.82, 2.24) is 9.21 Å². The number of carbonyl (C=O) groups is 1. The van der Waals surface area contributed by atoms with E-state index in [-0.39, 0.29) is 29.4 Å². The highest BCUT2D eigenvalue weighted by Crippen LogP contribution is 2.26. The Labute approximate surface area is 181 Å². The Morgan fingerprint density at radius 3 is 2.47 bits per heavy atom. The second kappa shape index (κ2) is 9.14. The Bertz CT molecular complexity index is 1070. The molecule has 1 aliphatic heterocycles. The molecule has 0 saturated carbocycles. The normalized spacial score (nSPS) is 20.5. The molecule has 3 rings (SSSR count). The average molecular weight is 447 g/mol. The third-order valence-corrected chi connectivity index (χ3v) is 7.42. The molecule has 1 amide bonds. The Kier molecular flexibility index (Phi) is 6.78. The van der Waals surface area contributed by atoms with Crippen LogP contribution in [0.2, 0.25) is 5.02 Å². The first-order valence-electron chi connectivity index (χ1n) is 9.53. The summed E-state index contributed by atoms with van der Waals surface area (Å²) in [5.41, 5.74) is 0.843. The smallest absolute Gasteiger partial charge is 0.243 e. The van der Waals surface area contributed by atoms with Gasteiger partial charge in [0.1, 0.15) is 0 Å². The molecule has 1 N–H and O–H groups in total. The zero-order valence-electron chi connectivity index (χ0n) is 16.7. The molecule has 158 valence electrons. The fourth-order valence-corrected chi connectivity index (χ4v) is 5.86. The molecule has 2 unspecified atom stereocenters. The number of nitrogens with one attached hydrogen (secondary N) is 1. The number of benzene rings is 2. The average Bonchev–Trinajstić information content (AvgIpc) is 2.69. The lowest BCUT2D eigenvalue weighted by Gasteiger charge is -2.43. The van der Waals surface area contributed by atoms with E-state index in [0.717, 1.165) is 0 Å². The van der Waals surface area contributed by atoms with E-state index in [1.165, 1.54) is 16.4 Å². The lowest BCUT2D eigenvalue weighted by Crippen LogP contribution is -2.59. The van der Waals surface area contributed by atoms with E-state index in [9.17, 15) is 13.2 Å². The van der Waals surface area contributed by atoms with E-state index in [1.807, 2.05) is 24.8 Å². The van der Waals surface area contributed by atoms with Gasteiger partial charge in [-0.3, -0.25) is 9.69 Å². The van der Waals surface area contributed by atoms with Gasteiger partial charge in [-0.25, -0.2) is 8.42 Å². The molecular formula is C21H23ClN4O3S. The van der Waals surface area contributed by atoms with Gasteiger partial charge in [-0.15, -0.1) is 0 Å². The minimum atomic E-state index is -3.76. The summed E-state index contributed by atoms with van der Waals surface area (Å²) in [5, 5.41) is 12.3. The number of piperazine rings is 1. The first kappa shape index (κ1) is 22.2. The number of hydrogen-bond acceptors (Lipinski definition) is 5. The van der Waals surface area contributed by atoms with Gasteiger partial charge in [-0.1, -0.05) is 29.8 Å². The standard InChI is InChI=1S/C21H23ClN4O3S/c1-15-12-25(14-21(27)24-20-9-4-3-8-19(20)22)13-16(2)26(15)30(28,29)18-7-5-6-17(10-18)11-23/h3-10,15-16H,12-14H2,1-2H3,(H,24,27). The molecular weight excluding hydrogens is 424 g/mol. The predicted molar refractivity (Wildman–Crippen MR) is 116 cm³/mol. The summed E-state index contributed by atoms with van der Waals surface area (Å²) in [5.74, 6) is -0.208. The largest absolute Gasteiger partial charge is 0.324 e. The molecule has 2 aromatic carbocycles. The van der Waals surface area contributed by atoms with Crippen LogP contribution in [0.25, 0.3) is 0 Å². The van der Waals surface area contributed by atoms with Crippen LogP contribution in [0.15, 0.2) is 53.4 Å². The zero-order valence-corrected chi connectivity index (χ0v) is 18.3.